The molecule has 1 aromatic carbocycles. The Morgan fingerprint density at radius 1 is 1.22 bits per heavy atom. The van der Waals surface area contributed by atoms with Gasteiger partial charge in [-0.2, -0.15) is 0 Å². The summed E-state index contributed by atoms with van der Waals surface area (Å²) < 4.78 is 43.4. The van der Waals surface area contributed by atoms with Crippen molar-refractivity contribution in [3.63, 3.8) is 0 Å². The molecule has 0 radical (unpaired) electrons. The molecule has 2 heterocycles. The number of para-hydroxylation sites is 1. The van der Waals surface area contributed by atoms with Gasteiger partial charge in [0.05, 0.1) is 6.04 Å². The Morgan fingerprint density at radius 2 is 1.83 bits per heavy atom. The maximum atomic E-state index is 9.75. The molecule has 1 aromatic heterocycles. The molecule has 0 amide bonds. The van der Waals surface area contributed by atoms with E-state index in [1.54, 1.807) is 0 Å². The van der Waals surface area contributed by atoms with Crippen LogP contribution in [-0.2, 0) is 6.42 Å². The molecule has 1 atom stereocenters. The summed E-state index contributed by atoms with van der Waals surface area (Å²) in [6.07, 6.45) is 5.76. The minimum atomic E-state index is -6.00. The Morgan fingerprint density at radius 3 is 2.39 bits per heavy atom. The van der Waals surface area contributed by atoms with Gasteiger partial charge in [0, 0.05) is 11.5 Å². The van der Waals surface area contributed by atoms with E-state index in [9.17, 15) is 17.3 Å². The SMILES string of the molecule is CC(C)CC1CCc2nn(-c3ccccc3)c[n+]21.F[B-](F)(F)F. The highest BCUT2D eigenvalue weighted by Gasteiger charge is 2.31. The molecule has 0 spiro atoms. The third kappa shape index (κ3) is 5.37. The lowest BCUT2D eigenvalue weighted by Crippen LogP contribution is -2.36. The van der Waals surface area contributed by atoms with Crippen LogP contribution < -0.4 is 4.57 Å². The molecule has 3 nitrogen and oxygen atoms in total. The first-order valence-corrected chi connectivity index (χ1v) is 7.66. The largest absolute Gasteiger partial charge is 0.673 e. The van der Waals surface area contributed by atoms with Crippen LogP contribution in [0.4, 0.5) is 17.3 Å². The number of aryl methyl sites for hydroxylation is 1. The zero-order valence-corrected chi connectivity index (χ0v) is 13.2. The summed E-state index contributed by atoms with van der Waals surface area (Å²) in [7, 11) is -6.00. The van der Waals surface area contributed by atoms with Crippen LogP contribution in [0.5, 0.6) is 0 Å². The molecule has 0 saturated heterocycles. The molecule has 126 valence electrons. The summed E-state index contributed by atoms with van der Waals surface area (Å²) in [5.74, 6) is 1.97. The second-order valence-electron chi connectivity index (χ2n) is 6.04. The number of fused-ring (bicyclic) bond motifs is 1. The van der Waals surface area contributed by atoms with Crippen molar-refractivity contribution in [1.82, 2.24) is 9.78 Å². The Labute approximate surface area is 133 Å². The third-order valence-electron chi connectivity index (χ3n) is 3.61. The van der Waals surface area contributed by atoms with Crippen molar-refractivity contribution in [2.24, 2.45) is 5.92 Å². The number of rotatable bonds is 3. The number of hydrogen-bond acceptors (Lipinski definition) is 1. The predicted molar refractivity (Wildman–Crippen MR) is 80.8 cm³/mol. The van der Waals surface area contributed by atoms with Gasteiger partial charge < -0.3 is 17.3 Å². The van der Waals surface area contributed by atoms with Gasteiger partial charge >= 0.3 is 7.25 Å². The van der Waals surface area contributed by atoms with Crippen LogP contribution in [0.25, 0.3) is 5.69 Å². The fourth-order valence-electron chi connectivity index (χ4n) is 2.79. The van der Waals surface area contributed by atoms with E-state index in [-0.39, 0.29) is 0 Å². The van der Waals surface area contributed by atoms with Gasteiger partial charge in [-0.3, -0.25) is 0 Å². The topological polar surface area (TPSA) is 21.7 Å². The van der Waals surface area contributed by atoms with Gasteiger partial charge in [-0.25, -0.2) is 4.57 Å². The van der Waals surface area contributed by atoms with Crippen LogP contribution in [0, 0.1) is 5.92 Å². The number of hydrogen-bond donors (Lipinski definition) is 0. The van der Waals surface area contributed by atoms with Gasteiger partial charge in [0.2, 0.25) is 6.33 Å². The van der Waals surface area contributed by atoms with Crippen LogP contribution in [0.3, 0.4) is 0 Å². The molecule has 2 aromatic rings. The highest BCUT2D eigenvalue weighted by atomic mass is 19.5. The van der Waals surface area contributed by atoms with Gasteiger partial charge in [0.1, 0.15) is 5.69 Å². The van der Waals surface area contributed by atoms with Gasteiger partial charge in [0.15, 0.2) is 0 Å². The van der Waals surface area contributed by atoms with Crippen molar-refractivity contribution >= 4 is 7.25 Å². The van der Waals surface area contributed by atoms with Crippen molar-refractivity contribution < 1.29 is 21.8 Å². The van der Waals surface area contributed by atoms with E-state index in [4.69, 9.17) is 5.10 Å². The number of aromatic nitrogens is 3. The van der Waals surface area contributed by atoms with Crippen molar-refractivity contribution in [3.05, 3.63) is 42.5 Å². The fraction of sp³-hybridized carbons (Fsp3) is 0.467. The molecule has 0 N–H and O–H groups in total. The first kappa shape index (κ1) is 17.5. The monoisotopic (exact) mass is 329 g/mol. The zero-order chi connectivity index (χ0) is 17.0. The Kier molecular flexibility index (Phi) is 5.44. The Bertz CT molecular complexity index is 619. The van der Waals surface area contributed by atoms with Crippen LogP contribution in [0.15, 0.2) is 36.7 Å². The average molecular weight is 329 g/mol. The second kappa shape index (κ2) is 7.15. The predicted octanol–water partition coefficient (Wildman–Crippen LogP) is 3.99. The molecule has 0 fully saturated rings. The van der Waals surface area contributed by atoms with E-state index in [1.165, 1.54) is 18.7 Å². The van der Waals surface area contributed by atoms with E-state index in [0.29, 0.717) is 6.04 Å². The van der Waals surface area contributed by atoms with E-state index in [0.717, 1.165) is 18.0 Å². The summed E-state index contributed by atoms with van der Waals surface area (Å²) in [5, 5.41) is 4.70. The third-order valence-corrected chi connectivity index (χ3v) is 3.61. The summed E-state index contributed by atoms with van der Waals surface area (Å²) >= 11 is 0. The van der Waals surface area contributed by atoms with Gasteiger partial charge in [0.25, 0.3) is 5.82 Å². The second-order valence-corrected chi connectivity index (χ2v) is 6.04. The maximum absolute atomic E-state index is 9.75. The summed E-state index contributed by atoms with van der Waals surface area (Å²) in [6, 6.07) is 11.0. The summed E-state index contributed by atoms with van der Waals surface area (Å²) in [6.45, 7) is 4.58. The van der Waals surface area contributed by atoms with Crippen molar-refractivity contribution in [2.75, 3.05) is 0 Å². The Hall–Kier alpha value is -1.86. The molecule has 3 rings (SSSR count). The molecule has 0 aliphatic carbocycles. The van der Waals surface area contributed by atoms with E-state index in [1.807, 2.05) is 10.7 Å². The smallest absolute Gasteiger partial charge is 0.418 e. The summed E-state index contributed by atoms with van der Waals surface area (Å²) in [5.41, 5.74) is 1.14. The molecule has 1 aliphatic heterocycles. The van der Waals surface area contributed by atoms with Crippen LogP contribution in [-0.4, -0.2) is 17.0 Å². The number of benzene rings is 1. The molecule has 0 bridgehead atoms. The molecule has 1 unspecified atom stereocenters. The van der Waals surface area contributed by atoms with E-state index >= 15 is 0 Å². The molecule has 1 aliphatic rings. The molecular weight excluding hydrogens is 309 g/mol. The van der Waals surface area contributed by atoms with Crippen molar-refractivity contribution in [1.29, 1.82) is 0 Å². The number of nitrogens with zero attached hydrogens (tertiary/aromatic N) is 3. The van der Waals surface area contributed by atoms with Crippen LogP contribution in [0.2, 0.25) is 0 Å². The summed E-state index contributed by atoms with van der Waals surface area (Å²) in [4.78, 5) is 0. The van der Waals surface area contributed by atoms with Crippen LogP contribution in [0.1, 0.15) is 38.6 Å². The molecule has 8 heteroatoms. The van der Waals surface area contributed by atoms with Crippen LogP contribution >= 0.6 is 0 Å². The minimum absolute atomic E-state index is 0.637. The standard InChI is InChI=1S/C15H20N3.BF4/c1-12(2)10-14-8-9-15-16-18(11-17(14)15)13-6-4-3-5-7-13;2-1(3,4)5/h3-7,11-12,14H,8-10H2,1-2H3;/q+1;-1. The highest BCUT2D eigenvalue weighted by Crippen LogP contribution is 2.23. The van der Waals surface area contributed by atoms with E-state index < -0.39 is 7.25 Å². The average Bonchev–Trinajstić information content (AvgIpc) is 3.00. The normalized spacial score (nSPS) is 16.9. The van der Waals surface area contributed by atoms with E-state index in [2.05, 4.69) is 49.0 Å². The first-order chi connectivity index (χ1) is 10.7. The van der Waals surface area contributed by atoms with Gasteiger partial charge in [-0.15, -0.1) is 0 Å². The maximum Gasteiger partial charge on any atom is 0.673 e. The zero-order valence-electron chi connectivity index (χ0n) is 13.2. The van der Waals surface area contributed by atoms with Gasteiger partial charge in [-0.1, -0.05) is 36.7 Å². The number of halogens is 4. The molecule has 0 saturated carbocycles. The van der Waals surface area contributed by atoms with Crippen molar-refractivity contribution in [3.8, 4) is 5.69 Å². The lowest BCUT2D eigenvalue weighted by molar-refractivity contribution is -0.718. The first-order valence-electron chi connectivity index (χ1n) is 7.66. The molecule has 23 heavy (non-hydrogen) atoms. The highest BCUT2D eigenvalue weighted by molar-refractivity contribution is 6.50. The fourth-order valence-corrected chi connectivity index (χ4v) is 2.79. The van der Waals surface area contributed by atoms with Crippen molar-refractivity contribution in [2.45, 2.75) is 39.2 Å². The Balaban J connectivity index is 0.000000338. The molecular formula is C15H20BF4N3. The lowest BCUT2D eigenvalue weighted by Gasteiger charge is -2.10. The van der Waals surface area contributed by atoms with Gasteiger partial charge in [-0.05, 0) is 30.9 Å². The quantitative estimate of drug-likeness (QED) is 0.474. The lowest BCUT2D eigenvalue weighted by atomic mass is 10.0. The minimum Gasteiger partial charge on any atom is -0.418 e.